The number of unbranched alkanes of at least 4 members (excludes halogenated alkanes) is 1. The molecule has 0 atom stereocenters. The van der Waals surface area contributed by atoms with E-state index in [1.807, 2.05) is 0 Å². The van der Waals surface area contributed by atoms with E-state index in [0.717, 1.165) is 6.07 Å². The third kappa shape index (κ3) is 4.55. The van der Waals surface area contributed by atoms with E-state index in [-0.39, 0.29) is 17.1 Å². The van der Waals surface area contributed by atoms with Crippen LogP contribution in [0.3, 0.4) is 0 Å². The summed E-state index contributed by atoms with van der Waals surface area (Å²) in [4.78, 5) is -0.858. The zero-order valence-corrected chi connectivity index (χ0v) is 11.6. The van der Waals surface area contributed by atoms with Gasteiger partial charge in [0.15, 0.2) is 0 Å². The number of nitrogens with two attached hydrogens (primary N) is 1. The van der Waals surface area contributed by atoms with Gasteiger partial charge in [-0.1, -0.05) is 6.07 Å². The lowest BCUT2D eigenvalue weighted by Crippen LogP contribution is -2.14. The molecule has 0 spiro atoms. The number of rotatable bonds is 6. The molecule has 0 aliphatic heterocycles. The first kappa shape index (κ1) is 16.1. The Kier molecular flexibility index (Phi) is 5.04. The molecule has 108 valence electrons. The third-order valence-electron chi connectivity index (χ3n) is 2.50. The molecule has 0 bridgehead atoms. The minimum Gasteiger partial charge on any atom is -0.396 e. The number of aryl methyl sites for hydroxylation is 1. The highest BCUT2D eigenvalue weighted by molar-refractivity contribution is 7.89. The van der Waals surface area contributed by atoms with Crippen molar-refractivity contribution in [2.45, 2.75) is 29.1 Å². The van der Waals surface area contributed by atoms with Gasteiger partial charge in [-0.2, -0.15) is 8.42 Å². The van der Waals surface area contributed by atoms with Crippen molar-refractivity contribution in [3.63, 3.8) is 0 Å². The Hall–Kier alpha value is -1.00. The van der Waals surface area contributed by atoms with Crippen molar-refractivity contribution in [1.82, 2.24) is 0 Å². The van der Waals surface area contributed by atoms with E-state index in [4.69, 9.17) is 14.8 Å². The highest BCUT2D eigenvalue weighted by atomic mass is 32.2. The Bertz CT molecular complexity index is 651. The Morgan fingerprint density at radius 1 is 1.11 bits per heavy atom. The smallest absolute Gasteiger partial charge is 0.294 e. The summed E-state index contributed by atoms with van der Waals surface area (Å²) in [5.74, 6) is 0. The fraction of sp³-hybridized carbons (Fsp3) is 0.400. The van der Waals surface area contributed by atoms with Gasteiger partial charge in [0, 0.05) is 6.61 Å². The molecular formula is C10H15NO6S2. The molecule has 4 N–H and O–H groups in total. The number of sulfonamides is 1. The molecule has 1 aromatic rings. The van der Waals surface area contributed by atoms with Gasteiger partial charge in [0.1, 0.15) is 0 Å². The van der Waals surface area contributed by atoms with Crippen LogP contribution in [0.15, 0.2) is 28.0 Å². The molecule has 0 unspecified atom stereocenters. The van der Waals surface area contributed by atoms with E-state index < -0.39 is 25.0 Å². The molecule has 0 fully saturated rings. The molecule has 1 rings (SSSR count). The minimum atomic E-state index is -4.54. The number of hydrogen-bond donors (Lipinski definition) is 3. The van der Waals surface area contributed by atoms with E-state index in [1.54, 1.807) is 0 Å². The summed E-state index contributed by atoms with van der Waals surface area (Å²) >= 11 is 0. The van der Waals surface area contributed by atoms with Gasteiger partial charge in [-0.15, -0.1) is 0 Å². The highest BCUT2D eigenvalue weighted by Gasteiger charge is 2.19. The largest absolute Gasteiger partial charge is 0.396 e. The molecule has 1 aromatic carbocycles. The maximum Gasteiger partial charge on any atom is 0.294 e. The van der Waals surface area contributed by atoms with Crippen molar-refractivity contribution in [3.8, 4) is 0 Å². The van der Waals surface area contributed by atoms with Crippen molar-refractivity contribution in [1.29, 1.82) is 0 Å². The summed E-state index contributed by atoms with van der Waals surface area (Å²) in [5, 5.41) is 13.6. The first-order valence-corrected chi connectivity index (χ1v) is 8.39. The molecule has 0 saturated heterocycles. The topological polar surface area (TPSA) is 135 Å². The molecular weight excluding hydrogens is 294 g/mol. The molecule has 7 nitrogen and oxygen atoms in total. The second-order valence-corrected chi connectivity index (χ2v) is 6.92. The summed E-state index contributed by atoms with van der Waals surface area (Å²) in [6.07, 6.45) is 1.27. The maximum atomic E-state index is 11.2. The molecule has 0 saturated carbocycles. The van der Waals surface area contributed by atoms with Crippen LogP contribution in [0.4, 0.5) is 0 Å². The lowest BCUT2D eigenvalue weighted by Gasteiger charge is -2.08. The molecule has 0 aliphatic rings. The quantitative estimate of drug-likeness (QED) is 0.496. The average molecular weight is 309 g/mol. The molecule has 19 heavy (non-hydrogen) atoms. The summed E-state index contributed by atoms with van der Waals surface area (Å²) in [6, 6.07) is 3.30. The van der Waals surface area contributed by atoms with Crippen LogP contribution >= 0.6 is 0 Å². The van der Waals surface area contributed by atoms with E-state index >= 15 is 0 Å². The number of primary sulfonamides is 1. The monoisotopic (exact) mass is 309 g/mol. The van der Waals surface area contributed by atoms with Crippen molar-refractivity contribution < 1.29 is 26.5 Å². The summed E-state index contributed by atoms with van der Waals surface area (Å²) in [7, 11) is -8.58. The summed E-state index contributed by atoms with van der Waals surface area (Å²) in [6.45, 7) is -0.0313. The van der Waals surface area contributed by atoms with E-state index in [2.05, 4.69) is 0 Å². The number of aliphatic hydroxyl groups is 1. The van der Waals surface area contributed by atoms with Crippen LogP contribution in [0.25, 0.3) is 0 Å². The SMILES string of the molecule is NS(=O)(=O)c1ccc(CCCCO)c(S(=O)(=O)O)c1. The predicted molar refractivity (Wildman–Crippen MR) is 67.7 cm³/mol. The van der Waals surface area contributed by atoms with E-state index in [0.29, 0.717) is 19.3 Å². The first-order valence-electron chi connectivity index (χ1n) is 5.40. The number of aliphatic hydroxyl groups excluding tert-OH is 1. The second kappa shape index (κ2) is 5.97. The Morgan fingerprint density at radius 2 is 1.74 bits per heavy atom. The zero-order valence-electron chi connectivity index (χ0n) is 9.98. The molecule has 0 radical (unpaired) electrons. The van der Waals surface area contributed by atoms with Crippen LogP contribution in [-0.2, 0) is 26.6 Å². The lowest BCUT2D eigenvalue weighted by molar-refractivity contribution is 0.284. The summed E-state index contributed by atoms with van der Waals surface area (Å²) in [5.41, 5.74) is 0.281. The Labute approximate surface area is 111 Å². The summed E-state index contributed by atoms with van der Waals surface area (Å²) < 4.78 is 53.9. The zero-order chi connectivity index (χ0) is 14.7. The van der Waals surface area contributed by atoms with Crippen molar-refractivity contribution in [2.24, 2.45) is 5.14 Å². The van der Waals surface area contributed by atoms with Crippen LogP contribution in [0.2, 0.25) is 0 Å². The van der Waals surface area contributed by atoms with Crippen LogP contribution in [0, 0.1) is 0 Å². The maximum absolute atomic E-state index is 11.2. The second-order valence-electron chi connectivity index (χ2n) is 3.97. The fourth-order valence-electron chi connectivity index (χ4n) is 1.59. The van der Waals surface area contributed by atoms with Crippen LogP contribution < -0.4 is 5.14 Å². The van der Waals surface area contributed by atoms with Crippen molar-refractivity contribution in [2.75, 3.05) is 6.61 Å². The van der Waals surface area contributed by atoms with Gasteiger partial charge >= 0.3 is 0 Å². The highest BCUT2D eigenvalue weighted by Crippen LogP contribution is 2.21. The molecule has 0 amide bonds. The predicted octanol–water partition coefficient (Wildman–Crippen LogP) is -0.104. The molecule has 0 aromatic heterocycles. The average Bonchev–Trinajstić information content (AvgIpc) is 2.27. The minimum absolute atomic E-state index is 0.0313. The number of benzene rings is 1. The molecule has 0 aliphatic carbocycles. The lowest BCUT2D eigenvalue weighted by atomic mass is 10.1. The van der Waals surface area contributed by atoms with Crippen LogP contribution in [-0.4, -0.2) is 33.1 Å². The number of hydrogen-bond acceptors (Lipinski definition) is 5. The van der Waals surface area contributed by atoms with Gasteiger partial charge in [-0.05, 0) is 37.0 Å². The van der Waals surface area contributed by atoms with Crippen molar-refractivity contribution >= 4 is 20.1 Å². The van der Waals surface area contributed by atoms with E-state index in [9.17, 15) is 16.8 Å². The van der Waals surface area contributed by atoms with Crippen molar-refractivity contribution in [3.05, 3.63) is 23.8 Å². The molecule has 9 heteroatoms. The van der Waals surface area contributed by atoms with Crippen LogP contribution in [0.5, 0.6) is 0 Å². The van der Waals surface area contributed by atoms with Gasteiger partial charge in [-0.3, -0.25) is 4.55 Å². The fourth-order valence-corrected chi connectivity index (χ4v) is 2.98. The van der Waals surface area contributed by atoms with Crippen LogP contribution in [0.1, 0.15) is 18.4 Å². The van der Waals surface area contributed by atoms with Gasteiger partial charge in [0.25, 0.3) is 10.1 Å². The Balaban J connectivity index is 3.26. The van der Waals surface area contributed by atoms with Gasteiger partial charge in [0.05, 0.1) is 9.79 Å². The standard InChI is InChI=1S/C10H15NO6S2/c11-18(13,14)9-5-4-8(3-1-2-6-12)10(7-9)19(15,16)17/h4-5,7,12H,1-3,6H2,(H2,11,13,14)(H,15,16,17). The van der Waals surface area contributed by atoms with Gasteiger partial charge in [-0.25, -0.2) is 13.6 Å². The Morgan fingerprint density at radius 3 is 2.21 bits per heavy atom. The molecule has 0 heterocycles. The van der Waals surface area contributed by atoms with Gasteiger partial charge < -0.3 is 5.11 Å². The normalized spacial score (nSPS) is 12.6. The first-order chi connectivity index (χ1) is 8.66. The van der Waals surface area contributed by atoms with Gasteiger partial charge in [0.2, 0.25) is 10.0 Å². The van der Waals surface area contributed by atoms with E-state index in [1.165, 1.54) is 12.1 Å². The third-order valence-corrected chi connectivity index (χ3v) is 4.35.